The molecule has 0 saturated heterocycles. The molecule has 115 valence electrons. The molecule has 0 aliphatic carbocycles. The van der Waals surface area contributed by atoms with Crippen molar-refractivity contribution in [2.45, 2.75) is 6.92 Å². The molecule has 1 heteroatoms. The maximum atomic E-state index is 3.56. The van der Waals surface area contributed by atoms with Gasteiger partial charge in [-0.15, -0.1) is 0 Å². The van der Waals surface area contributed by atoms with Gasteiger partial charge in [0, 0.05) is 20.4 Å². The molecule has 18 heavy (non-hydrogen) atoms. The maximum absolute atomic E-state index is 3.56. The van der Waals surface area contributed by atoms with E-state index in [1.54, 1.807) is 6.08 Å². The zero-order valence-corrected chi connectivity index (χ0v) is 16.0. The molecule has 0 aliphatic heterocycles. The second-order valence-electron chi connectivity index (χ2n) is 2.21. The summed E-state index contributed by atoms with van der Waals surface area (Å²) < 4.78 is 0. The predicted molar refractivity (Wildman–Crippen MR) is 91.0 cm³/mol. The van der Waals surface area contributed by atoms with Crippen molar-refractivity contribution in [3.05, 3.63) is 106 Å². The van der Waals surface area contributed by atoms with Crippen LogP contribution in [0.15, 0.2) is 61.2 Å². The van der Waals surface area contributed by atoms with Crippen molar-refractivity contribution in [3.8, 4) is 0 Å². The molecule has 0 atom stereocenters. The molecular formula is C17H33Re-7. The Bertz CT molecular complexity index is 181. The largest absolute Gasteiger partial charge is 1.00 e. The van der Waals surface area contributed by atoms with Gasteiger partial charge in [-0.25, -0.2) is 0 Å². The quantitative estimate of drug-likeness (QED) is 0.370. The molecule has 0 nitrogen and oxygen atoms in total. The molecule has 0 heterocycles. The molecule has 0 aliphatic rings. The van der Waals surface area contributed by atoms with Crippen LogP contribution in [-0.2, 0) is 20.4 Å². The van der Waals surface area contributed by atoms with Crippen molar-refractivity contribution in [1.82, 2.24) is 0 Å². The van der Waals surface area contributed by atoms with Gasteiger partial charge in [0.1, 0.15) is 0 Å². The van der Waals surface area contributed by atoms with Crippen LogP contribution in [-0.4, -0.2) is 0 Å². The van der Waals surface area contributed by atoms with Gasteiger partial charge in [0.25, 0.3) is 0 Å². The van der Waals surface area contributed by atoms with Gasteiger partial charge in [0.15, 0.2) is 0 Å². The average molecular weight is 424 g/mol. The number of rotatable bonds is 1. The molecule has 1 radical (unpaired) electrons. The normalized spacial score (nSPS) is 4.50. The van der Waals surface area contributed by atoms with E-state index in [1.807, 2.05) is 43.3 Å². The molecular weight excluding hydrogens is 390 g/mol. The third kappa shape index (κ3) is 58.5. The molecule has 1 rings (SSSR count). The van der Waals surface area contributed by atoms with Gasteiger partial charge < -0.3 is 46.0 Å². The minimum Gasteiger partial charge on any atom is -1.00 e. The van der Waals surface area contributed by atoms with Crippen LogP contribution in [0, 0.1) is 44.6 Å². The molecule has 0 fully saturated rings. The average Bonchev–Trinajstić information content (AvgIpc) is 2.09. The fourth-order valence-electron chi connectivity index (χ4n) is 0.385. The maximum Gasteiger partial charge on any atom is 0 e. The number of allylic oxidation sites excluding steroid dienone is 2. The van der Waals surface area contributed by atoms with E-state index in [9.17, 15) is 0 Å². The number of benzene rings is 1. The van der Waals surface area contributed by atoms with E-state index >= 15 is 0 Å². The van der Waals surface area contributed by atoms with E-state index < -0.39 is 0 Å². The number of hydrogen-bond donors (Lipinski definition) is 0. The van der Waals surface area contributed by atoms with Crippen molar-refractivity contribution < 1.29 is 21.8 Å². The van der Waals surface area contributed by atoms with Gasteiger partial charge in [-0.3, -0.25) is 0 Å². The summed E-state index contributed by atoms with van der Waals surface area (Å²) in [5.74, 6) is 0. The first kappa shape index (κ1) is 53.0. The van der Waals surface area contributed by atoms with Crippen molar-refractivity contribution in [2.75, 3.05) is 0 Å². The Balaban J connectivity index is -0.0000000107. The van der Waals surface area contributed by atoms with E-state index in [-0.39, 0.29) is 66.4 Å². The Labute approximate surface area is 134 Å². The third-order valence-electron chi connectivity index (χ3n) is 1.02. The standard InChI is InChI=1S/C6H6.C5H8.6CH3.Re.H/c1-2-4-6-5-3-1;1-4-5(2)3;;;;;;;;/h1-6H;4H,1-2H2,3H3;6*1H3;;/q;;6*-1;;-1. The molecule has 0 saturated carbocycles. The van der Waals surface area contributed by atoms with Crippen molar-refractivity contribution >= 4 is 0 Å². The fourth-order valence-corrected chi connectivity index (χ4v) is 0.385. The smallest absolute Gasteiger partial charge is 0 e. The summed E-state index contributed by atoms with van der Waals surface area (Å²) >= 11 is 0. The van der Waals surface area contributed by atoms with Gasteiger partial charge in [0.2, 0.25) is 0 Å². The predicted octanol–water partition coefficient (Wildman–Crippen LogP) is 6.25. The van der Waals surface area contributed by atoms with Crippen molar-refractivity contribution in [3.63, 3.8) is 0 Å². The Morgan fingerprint density at radius 2 is 0.889 bits per heavy atom. The van der Waals surface area contributed by atoms with Crippen molar-refractivity contribution in [2.24, 2.45) is 0 Å². The zero-order valence-electron chi connectivity index (χ0n) is 14.3. The first-order valence-corrected chi connectivity index (χ1v) is 3.55. The van der Waals surface area contributed by atoms with Gasteiger partial charge in [0.05, 0.1) is 0 Å². The van der Waals surface area contributed by atoms with Crippen LogP contribution >= 0.6 is 0 Å². The first-order chi connectivity index (χ1) is 5.27. The molecule has 0 bridgehead atoms. The summed E-state index contributed by atoms with van der Waals surface area (Å²) in [6.07, 6.45) is 1.72. The van der Waals surface area contributed by atoms with Crippen LogP contribution in [0.25, 0.3) is 0 Å². The second-order valence-corrected chi connectivity index (χ2v) is 2.21. The zero-order chi connectivity index (χ0) is 8.53. The molecule has 0 spiro atoms. The molecule has 0 N–H and O–H groups in total. The van der Waals surface area contributed by atoms with E-state index in [0.29, 0.717) is 0 Å². The molecule has 1 aromatic rings. The topological polar surface area (TPSA) is 0 Å². The molecule has 0 aromatic heterocycles. The Kier molecular flexibility index (Phi) is 130. The van der Waals surface area contributed by atoms with Crippen LogP contribution in [0.1, 0.15) is 8.35 Å². The molecule has 0 amide bonds. The molecule has 0 unspecified atom stereocenters. The summed E-state index contributed by atoms with van der Waals surface area (Å²) in [4.78, 5) is 0. The summed E-state index contributed by atoms with van der Waals surface area (Å²) in [6, 6.07) is 12.0. The fraction of sp³-hybridized carbons (Fsp3) is 0.0588. The Hall–Kier alpha value is -0.638. The summed E-state index contributed by atoms with van der Waals surface area (Å²) in [5.41, 5.74) is 1.02. The minimum absolute atomic E-state index is 0. The Morgan fingerprint density at radius 3 is 0.944 bits per heavy atom. The van der Waals surface area contributed by atoms with Crippen LogP contribution in [0.3, 0.4) is 0 Å². The van der Waals surface area contributed by atoms with Crippen LogP contribution in [0.5, 0.6) is 0 Å². The third-order valence-corrected chi connectivity index (χ3v) is 1.02. The number of hydrogen-bond acceptors (Lipinski definition) is 0. The van der Waals surface area contributed by atoms with Gasteiger partial charge >= 0.3 is 0 Å². The van der Waals surface area contributed by atoms with E-state index in [0.717, 1.165) is 5.57 Å². The monoisotopic (exact) mass is 424 g/mol. The Morgan fingerprint density at radius 1 is 0.778 bits per heavy atom. The molecule has 1 aromatic carbocycles. The van der Waals surface area contributed by atoms with Crippen LogP contribution in [0.2, 0.25) is 0 Å². The van der Waals surface area contributed by atoms with E-state index in [4.69, 9.17) is 0 Å². The van der Waals surface area contributed by atoms with Gasteiger partial charge in [-0.05, 0) is 6.92 Å². The summed E-state index contributed by atoms with van der Waals surface area (Å²) in [5, 5.41) is 0. The van der Waals surface area contributed by atoms with Crippen molar-refractivity contribution in [1.29, 1.82) is 0 Å². The summed E-state index contributed by atoms with van der Waals surface area (Å²) in [7, 11) is 0. The SMILES string of the molecule is C=CC(=C)C.[CH3-].[CH3-].[CH3-].[CH3-].[CH3-].[CH3-].[H-].[Re].c1ccccc1. The first-order valence-electron chi connectivity index (χ1n) is 3.55. The van der Waals surface area contributed by atoms with E-state index in [2.05, 4.69) is 13.2 Å². The van der Waals surface area contributed by atoms with Gasteiger partial charge in [-0.1, -0.05) is 61.2 Å². The van der Waals surface area contributed by atoms with Gasteiger partial charge in [-0.2, -0.15) is 0 Å². The second kappa shape index (κ2) is 44.1. The van der Waals surface area contributed by atoms with Crippen LogP contribution in [0.4, 0.5) is 0 Å². The minimum atomic E-state index is 0. The van der Waals surface area contributed by atoms with Crippen LogP contribution < -0.4 is 0 Å². The van der Waals surface area contributed by atoms with E-state index in [1.165, 1.54) is 0 Å². The summed E-state index contributed by atoms with van der Waals surface area (Å²) in [6.45, 7) is 8.93.